The first kappa shape index (κ1) is 9.75. The number of imidazole rings is 1. The van der Waals surface area contributed by atoms with Crippen molar-refractivity contribution >= 4 is 0 Å². The van der Waals surface area contributed by atoms with Crippen LogP contribution in [0.1, 0.15) is 32.5 Å². The minimum Gasteiger partial charge on any atom is -0.335 e. The second-order valence-electron chi connectivity index (χ2n) is 4.97. The highest BCUT2D eigenvalue weighted by Crippen LogP contribution is 2.39. The van der Waals surface area contributed by atoms with Gasteiger partial charge in [-0.1, -0.05) is 13.8 Å². The Labute approximate surface area is 86.3 Å². The van der Waals surface area contributed by atoms with Crippen LogP contribution in [0.5, 0.6) is 0 Å². The Balaban J connectivity index is 1.82. The van der Waals surface area contributed by atoms with E-state index in [0.29, 0.717) is 0 Å². The lowest BCUT2D eigenvalue weighted by Gasteiger charge is -2.38. The second kappa shape index (κ2) is 3.76. The molecule has 0 aliphatic heterocycles. The molecule has 1 aliphatic carbocycles. The van der Waals surface area contributed by atoms with Crippen molar-refractivity contribution < 1.29 is 0 Å². The molecule has 0 spiro atoms. The van der Waals surface area contributed by atoms with Gasteiger partial charge < -0.3 is 4.57 Å². The van der Waals surface area contributed by atoms with Gasteiger partial charge in [0.25, 0.3) is 0 Å². The van der Waals surface area contributed by atoms with E-state index in [2.05, 4.69) is 36.5 Å². The van der Waals surface area contributed by atoms with Crippen LogP contribution in [0, 0.1) is 24.7 Å². The summed E-state index contributed by atoms with van der Waals surface area (Å²) in [6.45, 7) is 7.93. The van der Waals surface area contributed by atoms with Crippen molar-refractivity contribution in [3.63, 3.8) is 0 Å². The second-order valence-corrected chi connectivity index (χ2v) is 4.97. The SMILES string of the molecule is Cc1nccn1C[C@H]1C[C@@H](C(C)C)C1. The number of hydrogen-bond acceptors (Lipinski definition) is 1. The van der Waals surface area contributed by atoms with Crippen molar-refractivity contribution in [2.45, 2.75) is 40.2 Å². The van der Waals surface area contributed by atoms with Crippen LogP contribution in [0.3, 0.4) is 0 Å². The average Bonchev–Trinajstić information content (AvgIpc) is 2.42. The summed E-state index contributed by atoms with van der Waals surface area (Å²) in [6.07, 6.45) is 6.82. The van der Waals surface area contributed by atoms with Gasteiger partial charge in [0.15, 0.2) is 0 Å². The van der Waals surface area contributed by atoms with E-state index < -0.39 is 0 Å². The molecule has 78 valence electrons. The molecule has 1 fully saturated rings. The highest BCUT2D eigenvalue weighted by Gasteiger charge is 2.31. The summed E-state index contributed by atoms with van der Waals surface area (Å²) in [7, 11) is 0. The van der Waals surface area contributed by atoms with Gasteiger partial charge in [0.05, 0.1) is 0 Å². The summed E-state index contributed by atoms with van der Waals surface area (Å²) in [6, 6.07) is 0. The van der Waals surface area contributed by atoms with E-state index in [4.69, 9.17) is 0 Å². The molecule has 2 heteroatoms. The van der Waals surface area contributed by atoms with Crippen molar-refractivity contribution in [2.24, 2.45) is 17.8 Å². The summed E-state index contributed by atoms with van der Waals surface area (Å²) >= 11 is 0. The fraction of sp³-hybridized carbons (Fsp3) is 0.750. The summed E-state index contributed by atoms with van der Waals surface area (Å²) < 4.78 is 2.28. The van der Waals surface area contributed by atoms with E-state index in [0.717, 1.165) is 23.6 Å². The molecular weight excluding hydrogens is 172 g/mol. The largest absolute Gasteiger partial charge is 0.335 e. The number of rotatable bonds is 3. The van der Waals surface area contributed by atoms with Gasteiger partial charge in [-0.05, 0) is 37.5 Å². The number of aryl methyl sites for hydroxylation is 1. The Morgan fingerprint density at radius 1 is 1.50 bits per heavy atom. The summed E-state index contributed by atoms with van der Waals surface area (Å²) in [5.41, 5.74) is 0. The molecule has 2 rings (SSSR count). The summed E-state index contributed by atoms with van der Waals surface area (Å²) in [5, 5.41) is 0. The molecule has 1 aliphatic rings. The van der Waals surface area contributed by atoms with Crippen molar-refractivity contribution in [1.82, 2.24) is 9.55 Å². The Morgan fingerprint density at radius 2 is 2.21 bits per heavy atom. The number of aromatic nitrogens is 2. The highest BCUT2D eigenvalue weighted by atomic mass is 15.1. The molecule has 1 aromatic rings. The highest BCUT2D eigenvalue weighted by molar-refractivity contribution is 4.91. The average molecular weight is 192 g/mol. The minimum absolute atomic E-state index is 0.870. The van der Waals surface area contributed by atoms with Gasteiger partial charge in [0.1, 0.15) is 5.82 Å². The molecule has 0 N–H and O–H groups in total. The van der Waals surface area contributed by atoms with Crippen LogP contribution in [0.2, 0.25) is 0 Å². The zero-order valence-corrected chi connectivity index (χ0v) is 9.40. The van der Waals surface area contributed by atoms with Crippen LogP contribution >= 0.6 is 0 Å². The quantitative estimate of drug-likeness (QED) is 0.720. The lowest BCUT2D eigenvalue weighted by atomic mass is 9.69. The fourth-order valence-electron chi connectivity index (χ4n) is 2.36. The molecule has 0 aromatic carbocycles. The Bertz CT molecular complexity index is 295. The third kappa shape index (κ3) is 1.84. The smallest absolute Gasteiger partial charge is 0.105 e. The molecular formula is C12H20N2. The van der Waals surface area contributed by atoms with E-state index in [1.165, 1.54) is 19.4 Å². The van der Waals surface area contributed by atoms with Gasteiger partial charge >= 0.3 is 0 Å². The number of hydrogen-bond donors (Lipinski definition) is 0. The van der Waals surface area contributed by atoms with Crippen LogP contribution < -0.4 is 0 Å². The molecule has 14 heavy (non-hydrogen) atoms. The number of nitrogens with zero attached hydrogens (tertiary/aromatic N) is 2. The molecule has 2 nitrogen and oxygen atoms in total. The molecule has 0 bridgehead atoms. The molecule has 0 saturated heterocycles. The third-order valence-corrected chi connectivity index (χ3v) is 3.59. The molecule has 0 unspecified atom stereocenters. The third-order valence-electron chi connectivity index (χ3n) is 3.59. The Kier molecular flexibility index (Phi) is 2.62. The fourth-order valence-corrected chi connectivity index (χ4v) is 2.36. The predicted molar refractivity (Wildman–Crippen MR) is 58.0 cm³/mol. The van der Waals surface area contributed by atoms with Crippen LogP contribution in [0.4, 0.5) is 0 Å². The van der Waals surface area contributed by atoms with E-state index in [1.54, 1.807) is 0 Å². The van der Waals surface area contributed by atoms with Gasteiger partial charge in [-0.25, -0.2) is 4.98 Å². The normalized spacial score (nSPS) is 26.6. The molecule has 0 amide bonds. The van der Waals surface area contributed by atoms with Crippen LogP contribution in [-0.4, -0.2) is 9.55 Å². The van der Waals surface area contributed by atoms with Crippen LogP contribution in [-0.2, 0) is 6.54 Å². The molecule has 1 aromatic heterocycles. The maximum Gasteiger partial charge on any atom is 0.105 e. The van der Waals surface area contributed by atoms with Crippen molar-refractivity contribution in [3.8, 4) is 0 Å². The van der Waals surface area contributed by atoms with Crippen molar-refractivity contribution in [3.05, 3.63) is 18.2 Å². The first-order valence-corrected chi connectivity index (χ1v) is 5.64. The van der Waals surface area contributed by atoms with Gasteiger partial charge in [-0.2, -0.15) is 0 Å². The maximum atomic E-state index is 4.25. The lowest BCUT2D eigenvalue weighted by molar-refractivity contribution is 0.125. The summed E-state index contributed by atoms with van der Waals surface area (Å²) in [5.74, 6) is 3.90. The van der Waals surface area contributed by atoms with E-state index in [-0.39, 0.29) is 0 Å². The van der Waals surface area contributed by atoms with Gasteiger partial charge in [-0.3, -0.25) is 0 Å². The Morgan fingerprint density at radius 3 is 2.71 bits per heavy atom. The van der Waals surface area contributed by atoms with Crippen molar-refractivity contribution in [1.29, 1.82) is 0 Å². The molecule has 1 saturated carbocycles. The summed E-state index contributed by atoms with van der Waals surface area (Å²) in [4.78, 5) is 4.25. The van der Waals surface area contributed by atoms with Gasteiger partial charge in [0.2, 0.25) is 0 Å². The topological polar surface area (TPSA) is 17.8 Å². The van der Waals surface area contributed by atoms with Crippen molar-refractivity contribution in [2.75, 3.05) is 0 Å². The van der Waals surface area contributed by atoms with E-state index >= 15 is 0 Å². The Hall–Kier alpha value is -0.790. The lowest BCUT2D eigenvalue weighted by Crippen LogP contribution is -2.30. The predicted octanol–water partition coefficient (Wildman–Crippen LogP) is 2.87. The minimum atomic E-state index is 0.870. The van der Waals surface area contributed by atoms with Crippen LogP contribution in [0.15, 0.2) is 12.4 Å². The zero-order chi connectivity index (χ0) is 10.1. The molecule has 0 atom stereocenters. The standard InChI is InChI=1S/C12H20N2/c1-9(2)12-6-11(7-12)8-14-5-4-13-10(14)3/h4-5,9,11-12H,6-8H2,1-3H3/t11-,12+. The van der Waals surface area contributed by atoms with Gasteiger partial charge in [0, 0.05) is 18.9 Å². The zero-order valence-electron chi connectivity index (χ0n) is 9.40. The first-order valence-electron chi connectivity index (χ1n) is 5.64. The van der Waals surface area contributed by atoms with E-state index in [1.807, 2.05) is 6.20 Å². The molecule has 1 heterocycles. The van der Waals surface area contributed by atoms with Crippen LogP contribution in [0.25, 0.3) is 0 Å². The van der Waals surface area contributed by atoms with E-state index in [9.17, 15) is 0 Å². The monoisotopic (exact) mass is 192 g/mol. The maximum absolute atomic E-state index is 4.25. The first-order chi connectivity index (χ1) is 6.66. The molecule has 0 radical (unpaired) electrons. The van der Waals surface area contributed by atoms with Gasteiger partial charge in [-0.15, -0.1) is 0 Å².